The Morgan fingerprint density at radius 3 is 2.70 bits per heavy atom. The molecule has 0 radical (unpaired) electrons. The second-order valence-electron chi connectivity index (χ2n) is 6.89. The Morgan fingerprint density at radius 2 is 2.00 bits per heavy atom. The minimum atomic E-state index is -0.298. The van der Waals surface area contributed by atoms with Gasteiger partial charge in [-0.25, -0.2) is 4.98 Å². The highest BCUT2D eigenvalue weighted by molar-refractivity contribution is 14.1. The number of nitrogens with zero attached hydrogens (tertiary/aromatic N) is 3. The van der Waals surface area contributed by atoms with Crippen molar-refractivity contribution in [2.24, 2.45) is 0 Å². The molecule has 4 rings (SSSR count). The minimum Gasteiger partial charge on any atom is -0.463 e. The number of H-pyrrole nitrogens is 1. The van der Waals surface area contributed by atoms with Crippen LogP contribution in [0.4, 0.5) is 5.82 Å². The van der Waals surface area contributed by atoms with E-state index < -0.39 is 0 Å². The number of hydrogen-bond acceptors (Lipinski definition) is 5. The van der Waals surface area contributed by atoms with E-state index >= 15 is 0 Å². The summed E-state index contributed by atoms with van der Waals surface area (Å²) in [5, 5.41) is 7.38. The van der Waals surface area contributed by atoms with Crippen molar-refractivity contribution in [1.82, 2.24) is 19.7 Å². The maximum Gasteiger partial charge on any atom is 0.257 e. The molecule has 0 aliphatic rings. The fourth-order valence-corrected chi connectivity index (χ4v) is 3.50. The van der Waals surface area contributed by atoms with Crippen LogP contribution in [0.3, 0.4) is 0 Å². The van der Waals surface area contributed by atoms with E-state index in [4.69, 9.17) is 4.42 Å². The van der Waals surface area contributed by atoms with Crippen molar-refractivity contribution in [3.05, 3.63) is 80.0 Å². The number of rotatable bonds is 5. The third-order valence-corrected chi connectivity index (χ3v) is 5.32. The first-order valence-electron chi connectivity index (χ1n) is 9.24. The normalized spacial score (nSPS) is 11.1. The van der Waals surface area contributed by atoms with Gasteiger partial charge in [-0.1, -0.05) is 26.0 Å². The molecule has 0 saturated heterocycles. The van der Waals surface area contributed by atoms with E-state index in [0.717, 1.165) is 3.57 Å². The molecule has 0 aliphatic heterocycles. The molecule has 0 atom stereocenters. The number of nitrogens with one attached hydrogen (secondary N) is 2. The summed E-state index contributed by atoms with van der Waals surface area (Å²) < 4.78 is 7.66. The standard InChI is InChI=1S/C21H18IN5O3/c1-12(2)15-11-19(28)25-21(23-15)27-18(10-16(26-27)17-8-5-9-30-17)24-20(29)13-6-3-4-7-14(13)22/h3-12H,1-2H3,(H,24,29)(H,23,25,28). The lowest BCUT2D eigenvalue weighted by Crippen LogP contribution is -2.20. The molecule has 30 heavy (non-hydrogen) atoms. The van der Waals surface area contributed by atoms with Gasteiger partial charge in [0.15, 0.2) is 5.76 Å². The van der Waals surface area contributed by atoms with Gasteiger partial charge in [0.1, 0.15) is 11.5 Å². The Morgan fingerprint density at radius 1 is 1.20 bits per heavy atom. The molecular weight excluding hydrogens is 497 g/mol. The number of carbonyl (C=O) groups is 1. The van der Waals surface area contributed by atoms with Crippen molar-refractivity contribution in [3.8, 4) is 17.4 Å². The third-order valence-electron chi connectivity index (χ3n) is 4.38. The van der Waals surface area contributed by atoms with Crippen LogP contribution in [0.25, 0.3) is 17.4 Å². The average molecular weight is 515 g/mol. The Bertz CT molecular complexity index is 1260. The number of amides is 1. The van der Waals surface area contributed by atoms with E-state index in [1.54, 1.807) is 36.6 Å². The van der Waals surface area contributed by atoms with Crippen LogP contribution in [0.2, 0.25) is 0 Å². The largest absolute Gasteiger partial charge is 0.463 e. The van der Waals surface area contributed by atoms with Crippen molar-refractivity contribution in [2.45, 2.75) is 19.8 Å². The minimum absolute atomic E-state index is 0.0510. The fourth-order valence-electron chi connectivity index (χ4n) is 2.86. The van der Waals surface area contributed by atoms with Crippen LogP contribution < -0.4 is 10.9 Å². The zero-order valence-electron chi connectivity index (χ0n) is 16.2. The molecular formula is C21H18IN5O3. The SMILES string of the molecule is CC(C)c1cc(=O)[nH]c(-n2nc(-c3ccco3)cc2NC(=O)c2ccccc2I)n1. The smallest absolute Gasteiger partial charge is 0.257 e. The number of aromatic amines is 1. The van der Waals surface area contributed by atoms with Crippen LogP contribution >= 0.6 is 22.6 Å². The topological polar surface area (TPSA) is 106 Å². The molecule has 0 unspecified atom stereocenters. The molecule has 0 aliphatic carbocycles. The molecule has 0 saturated carbocycles. The molecule has 9 heteroatoms. The predicted molar refractivity (Wildman–Crippen MR) is 121 cm³/mol. The summed E-state index contributed by atoms with van der Waals surface area (Å²) in [7, 11) is 0. The van der Waals surface area contributed by atoms with Crippen molar-refractivity contribution < 1.29 is 9.21 Å². The van der Waals surface area contributed by atoms with Crippen LogP contribution in [-0.4, -0.2) is 25.7 Å². The quantitative estimate of drug-likeness (QED) is 0.388. The Hall–Kier alpha value is -3.21. The molecule has 1 aromatic carbocycles. The molecule has 0 spiro atoms. The Kier molecular flexibility index (Phi) is 5.53. The van der Waals surface area contributed by atoms with Gasteiger partial charge in [-0.3, -0.25) is 14.6 Å². The number of halogens is 1. The van der Waals surface area contributed by atoms with Gasteiger partial charge in [0.25, 0.3) is 11.5 Å². The van der Waals surface area contributed by atoms with Gasteiger partial charge in [0.2, 0.25) is 5.95 Å². The summed E-state index contributed by atoms with van der Waals surface area (Å²) in [4.78, 5) is 32.3. The number of furan rings is 1. The van der Waals surface area contributed by atoms with Gasteiger partial charge in [0, 0.05) is 15.7 Å². The lowest BCUT2D eigenvalue weighted by atomic mass is 10.1. The highest BCUT2D eigenvalue weighted by atomic mass is 127. The monoisotopic (exact) mass is 515 g/mol. The van der Waals surface area contributed by atoms with E-state index in [1.165, 1.54) is 10.7 Å². The summed E-state index contributed by atoms with van der Waals surface area (Å²) >= 11 is 2.11. The third kappa shape index (κ3) is 4.06. The number of anilines is 1. The number of hydrogen-bond donors (Lipinski definition) is 2. The molecule has 3 aromatic heterocycles. The molecule has 8 nitrogen and oxygen atoms in total. The first-order chi connectivity index (χ1) is 14.4. The lowest BCUT2D eigenvalue weighted by molar-refractivity contribution is 0.102. The molecule has 1 amide bonds. The molecule has 2 N–H and O–H groups in total. The van der Waals surface area contributed by atoms with Crippen molar-refractivity contribution in [2.75, 3.05) is 5.32 Å². The van der Waals surface area contributed by atoms with E-state index in [0.29, 0.717) is 28.5 Å². The summed E-state index contributed by atoms with van der Waals surface area (Å²) in [6, 6.07) is 13.9. The van der Waals surface area contributed by atoms with Crippen LogP contribution in [-0.2, 0) is 0 Å². The Labute approximate surface area is 185 Å². The maximum absolute atomic E-state index is 12.9. The van der Waals surface area contributed by atoms with Crippen LogP contribution in [0, 0.1) is 3.57 Å². The van der Waals surface area contributed by atoms with Gasteiger partial charge < -0.3 is 9.73 Å². The average Bonchev–Trinajstić information content (AvgIpc) is 3.37. The van der Waals surface area contributed by atoms with Crippen LogP contribution in [0.15, 0.2) is 64.0 Å². The molecule has 0 fully saturated rings. The van der Waals surface area contributed by atoms with E-state index in [9.17, 15) is 9.59 Å². The zero-order valence-corrected chi connectivity index (χ0v) is 18.4. The number of benzene rings is 1. The molecule has 3 heterocycles. The molecule has 4 aromatic rings. The lowest BCUT2D eigenvalue weighted by Gasteiger charge is -2.10. The van der Waals surface area contributed by atoms with Crippen molar-refractivity contribution in [1.29, 1.82) is 0 Å². The van der Waals surface area contributed by atoms with Crippen LogP contribution in [0.5, 0.6) is 0 Å². The number of carbonyl (C=O) groups excluding carboxylic acids is 1. The molecule has 0 bridgehead atoms. The first kappa shape index (κ1) is 20.1. The maximum atomic E-state index is 12.9. The van der Waals surface area contributed by atoms with Gasteiger partial charge in [-0.2, -0.15) is 9.78 Å². The fraction of sp³-hybridized carbons (Fsp3) is 0.143. The summed E-state index contributed by atoms with van der Waals surface area (Å²) in [5.74, 6) is 0.850. The number of aromatic nitrogens is 4. The highest BCUT2D eigenvalue weighted by Gasteiger charge is 2.19. The molecule has 152 valence electrons. The zero-order chi connectivity index (χ0) is 21.3. The van der Waals surface area contributed by atoms with Crippen molar-refractivity contribution >= 4 is 34.3 Å². The van der Waals surface area contributed by atoms with Gasteiger partial charge >= 0.3 is 0 Å². The van der Waals surface area contributed by atoms with E-state index in [1.807, 2.05) is 26.0 Å². The predicted octanol–water partition coefficient (Wildman–Crippen LogP) is 4.20. The van der Waals surface area contributed by atoms with Gasteiger partial charge in [-0.05, 0) is 52.8 Å². The van der Waals surface area contributed by atoms with E-state index in [2.05, 4.69) is 43.0 Å². The van der Waals surface area contributed by atoms with E-state index in [-0.39, 0.29) is 23.3 Å². The first-order valence-corrected chi connectivity index (χ1v) is 10.3. The Balaban J connectivity index is 1.81. The summed E-state index contributed by atoms with van der Waals surface area (Å²) in [5.41, 5.74) is 1.35. The summed E-state index contributed by atoms with van der Waals surface area (Å²) in [6.45, 7) is 3.89. The van der Waals surface area contributed by atoms with Crippen molar-refractivity contribution in [3.63, 3.8) is 0 Å². The van der Waals surface area contributed by atoms with Gasteiger partial charge in [0.05, 0.1) is 17.5 Å². The van der Waals surface area contributed by atoms with Crippen LogP contribution in [0.1, 0.15) is 35.8 Å². The highest BCUT2D eigenvalue weighted by Crippen LogP contribution is 2.25. The second-order valence-corrected chi connectivity index (χ2v) is 8.05. The summed E-state index contributed by atoms with van der Waals surface area (Å²) in [6.07, 6.45) is 1.54. The van der Waals surface area contributed by atoms with Gasteiger partial charge in [-0.15, -0.1) is 0 Å². The second kappa shape index (κ2) is 8.27.